The van der Waals surface area contributed by atoms with E-state index < -0.39 is 0 Å². The number of benzene rings is 2. The monoisotopic (exact) mass is 397 g/mol. The van der Waals surface area contributed by atoms with Gasteiger partial charge in [-0.15, -0.1) is 0 Å². The van der Waals surface area contributed by atoms with Gasteiger partial charge in [0, 0.05) is 12.0 Å². The third-order valence-corrected chi connectivity index (χ3v) is 6.69. The van der Waals surface area contributed by atoms with Crippen molar-refractivity contribution >= 4 is 33.1 Å². The van der Waals surface area contributed by atoms with Crippen LogP contribution in [0.5, 0.6) is 0 Å². The standard InChI is InChI=1S/C26H25N2O2/c1-16-12-13-19-24(30-25-18-10-6-7-11-22(18)29-26(19)25)23(16)21-14-20(27-15-28(21)2)17-8-4-3-5-9-17/h6-7,10-15,17H,3-5,8-9H2,1-2H3/q+1. The fraction of sp³-hybridized carbons (Fsp3) is 0.308. The van der Waals surface area contributed by atoms with Gasteiger partial charge in [-0.3, -0.25) is 0 Å². The summed E-state index contributed by atoms with van der Waals surface area (Å²) in [5.41, 5.74) is 8.10. The molecule has 0 spiro atoms. The van der Waals surface area contributed by atoms with Gasteiger partial charge in [0.2, 0.25) is 0 Å². The van der Waals surface area contributed by atoms with Gasteiger partial charge < -0.3 is 8.83 Å². The second kappa shape index (κ2) is 6.69. The number of hydrogen-bond donors (Lipinski definition) is 0. The molecule has 4 heteroatoms. The Bertz CT molecular complexity index is 1400. The van der Waals surface area contributed by atoms with Gasteiger partial charge in [0.05, 0.1) is 23.4 Å². The molecule has 0 aliphatic heterocycles. The van der Waals surface area contributed by atoms with E-state index in [9.17, 15) is 0 Å². The van der Waals surface area contributed by atoms with Crippen LogP contribution in [0.15, 0.2) is 57.6 Å². The molecule has 0 saturated heterocycles. The van der Waals surface area contributed by atoms with Crippen molar-refractivity contribution in [3.05, 3.63) is 60.0 Å². The number of para-hydroxylation sites is 1. The molecule has 5 aromatic rings. The van der Waals surface area contributed by atoms with Crippen LogP contribution in [-0.2, 0) is 7.05 Å². The molecule has 3 heterocycles. The number of aryl methyl sites for hydroxylation is 2. The Balaban J connectivity index is 1.60. The molecule has 2 aromatic carbocycles. The molecule has 0 atom stereocenters. The van der Waals surface area contributed by atoms with Crippen LogP contribution in [0.25, 0.3) is 44.4 Å². The van der Waals surface area contributed by atoms with Crippen LogP contribution in [0, 0.1) is 6.92 Å². The minimum absolute atomic E-state index is 0.565. The summed E-state index contributed by atoms with van der Waals surface area (Å²) in [6, 6.07) is 14.6. The fourth-order valence-corrected chi connectivity index (χ4v) is 5.05. The average molecular weight is 397 g/mol. The SMILES string of the molecule is Cc1ccc2c(oc3c4ccccc4oc23)c1-c1cc(C2CCCCC2)nc[n+]1C. The zero-order valence-electron chi connectivity index (χ0n) is 17.4. The summed E-state index contributed by atoms with van der Waals surface area (Å²) in [6.07, 6.45) is 8.39. The summed E-state index contributed by atoms with van der Waals surface area (Å²) in [6.45, 7) is 2.15. The molecule has 1 aliphatic carbocycles. The van der Waals surface area contributed by atoms with E-state index in [1.165, 1.54) is 43.4 Å². The lowest BCUT2D eigenvalue weighted by atomic mass is 9.86. The zero-order chi connectivity index (χ0) is 20.2. The minimum Gasteiger partial charge on any atom is -0.452 e. The summed E-state index contributed by atoms with van der Waals surface area (Å²) in [7, 11) is 2.06. The van der Waals surface area contributed by atoms with Crippen LogP contribution in [0.4, 0.5) is 0 Å². The van der Waals surface area contributed by atoms with Crippen molar-refractivity contribution in [2.75, 3.05) is 0 Å². The Morgan fingerprint density at radius 2 is 1.70 bits per heavy atom. The summed E-state index contributed by atoms with van der Waals surface area (Å²) < 4.78 is 14.8. The van der Waals surface area contributed by atoms with Crippen LogP contribution in [0.2, 0.25) is 0 Å². The molecule has 0 unspecified atom stereocenters. The lowest BCUT2D eigenvalue weighted by molar-refractivity contribution is -0.663. The molecule has 6 rings (SSSR count). The van der Waals surface area contributed by atoms with Gasteiger partial charge in [-0.25, -0.2) is 4.57 Å². The highest BCUT2D eigenvalue weighted by Gasteiger charge is 2.26. The van der Waals surface area contributed by atoms with E-state index in [1.807, 2.05) is 24.5 Å². The second-order valence-electron chi connectivity index (χ2n) is 8.64. The number of furan rings is 2. The highest BCUT2D eigenvalue weighted by Crippen LogP contribution is 2.41. The van der Waals surface area contributed by atoms with Crippen molar-refractivity contribution in [3.8, 4) is 11.3 Å². The quantitative estimate of drug-likeness (QED) is 0.316. The highest BCUT2D eigenvalue weighted by atomic mass is 16.4. The van der Waals surface area contributed by atoms with E-state index in [0.29, 0.717) is 5.92 Å². The molecule has 1 aliphatic rings. The van der Waals surface area contributed by atoms with E-state index in [2.05, 4.69) is 42.8 Å². The Hall–Kier alpha value is -3.14. The lowest BCUT2D eigenvalue weighted by Gasteiger charge is -2.19. The predicted octanol–water partition coefficient (Wildman–Crippen LogP) is 6.57. The molecule has 1 saturated carbocycles. The number of nitrogens with zero attached hydrogens (tertiary/aromatic N) is 2. The molecule has 4 nitrogen and oxygen atoms in total. The highest BCUT2D eigenvalue weighted by molar-refractivity contribution is 6.15. The van der Waals surface area contributed by atoms with Gasteiger partial charge >= 0.3 is 0 Å². The summed E-state index contributed by atoms with van der Waals surface area (Å²) >= 11 is 0. The first-order valence-electron chi connectivity index (χ1n) is 10.9. The van der Waals surface area contributed by atoms with Crippen molar-refractivity contribution in [2.45, 2.75) is 44.9 Å². The third kappa shape index (κ3) is 2.59. The predicted molar refractivity (Wildman–Crippen MR) is 118 cm³/mol. The minimum atomic E-state index is 0.565. The Labute approximate surface area is 175 Å². The lowest BCUT2D eigenvalue weighted by Crippen LogP contribution is -2.32. The van der Waals surface area contributed by atoms with E-state index >= 15 is 0 Å². The van der Waals surface area contributed by atoms with Crippen molar-refractivity contribution in [2.24, 2.45) is 7.05 Å². The van der Waals surface area contributed by atoms with Crippen molar-refractivity contribution < 1.29 is 13.4 Å². The van der Waals surface area contributed by atoms with E-state index in [-0.39, 0.29) is 0 Å². The molecule has 0 radical (unpaired) electrons. The molecule has 150 valence electrons. The van der Waals surface area contributed by atoms with E-state index in [1.54, 1.807) is 0 Å². The number of fused-ring (bicyclic) bond motifs is 5. The van der Waals surface area contributed by atoms with Crippen LogP contribution in [0.1, 0.15) is 49.3 Å². The molecule has 1 fully saturated rings. The molecule has 0 amide bonds. The first kappa shape index (κ1) is 17.7. The van der Waals surface area contributed by atoms with Gasteiger partial charge in [-0.1, -0.05) is 42.4 Å². The summed E-state index contributed by atoms with van der Waals surface area (Å²) in [4.78, 5) is 4.79. The zero-order valence-corrected chi connectivity index (χ0v) is 17.4. The topological polar surface area (TPSA) is 43.1 Å². The second-order valence-corrected chi connectivity index (χ2v) is 8.64. The average Bonchev–Trinajstić information content (AvgIpc) is 3.31. The largest absolute Gasteiger partial charge is 0.452 e. The van der Waals surface area contributed by atoms with Gasteiger partial charge in [0.15, 0.2) is 22.4 Å². The van der Waals surface area contributed by atoms with Gasteiger partial charge in [-0.05, 0) is 43.5 Å². The molecular formula is C26H25N2O2+. The molecule has 30 heavy (non-hydrogen) atoms. The Morgan fingerprint density at radius 1 is 0.900 bits per heavy atom. The van der Waals surface area contributed by atoms with Crippen LogP contribution in [0.3, 0.4) is 0 Å². The fourth-order valence-electron chi connectivity index (χ4n) is 5.05. The number of hydrogen-bond acceptors (Lipinski definition) is 3. The van der Waals surface area contributed by atoms with E-state index in [4.69, 9.17) is 13.8 Å². The molecular weight excluding hydrogens is 372 g/mol. The van der Waals surface area contributed by atoms with Crippen molar-refractivity contribution in [1.82, 2.24) is 4.98 Å². The third-order valence-electron chi connectivity index (χ3n) is 6.69. The first-order valence-corrected chi connectivity index (χ1v) is 10.9. The molecule has 0 N–H and O–H groups in total. The Kier molecular flexibility index (Phi) is 3.95. The normalized spacial score (nSPS) is 15.5. The van der Waals surface area contributed by atoms with Crippen molar-refractivity contribution in [1.29, 1.82) is 0 Å². The van der Waals surface area contributed by atoms with Crippen LogP contribution < -0.4 is 4.57 Å². The van der Waals surface area contributed by atoms with Gasteiger partial charge in [0.1, 0.15) is 11.3 Å². The maximum absolute atomic E-state index is 6.48. The summed E-state index contributed by atoms with van der Waals surface area (Å²) in [5, 5.41) is 2.05. The maximum Gasteiger partial charge on any atom is 0.286 e. The maximum atomic E-state index is 6.48. The molecule has 3 aromatic heterocycles. The van der Waals surface area contributed by atoms with Gasteiger partial charge in [0.25, 0.3) is 6.33 Å². The van der Waals surface area contributed by atoms with Crippen molar-refractivity contribution in [3.63, 3.8) is 0 Å². The van der Waals surface area contributed by atoms with Crippen LogP contribution >= 0.6 is 0 Å². The number of rotatable bonds is 2. The van der Waals surface area contributed by atoms with Gasteiger partial charge in [-0.2, -0.15) is 0 Å². The van der Waals surface area contributed by atoms with Crippen LogP contribution in [-0.4, -0.2) is 4.98 Å². The summed E-state index contributed by atoms with van der Waals surface area (Å²) in [5.74, 6) is 0.565. The smallest absolute Gasteiger partial charge is 0.286 e. The first-order chi connectivity index (χ1) is 14.7. The molecule has 0 bridgehead atoms. The number of aromatic nitrogens is 2. The Morgan fingerprint density at radius 3 is 2.57 bits per heavy atom. The van der Waals surface area contributed by atoms with E-state index in [0.717, 1.165) is 44.4 Å².